The Morgan fingerprint density at radius 1 is 1.25 bits per heavy atom. The first kappa shape index (κ1) is 31.3. The van der Waals surface area contributed by atoms with E-state index in [0.717, 1.165) is 12.1 Å². The van der Waals surface area contributed by atoms with Gasteiger partial charge in [0.15, 0.2) is 5.60 Å². The molecule has 0 bridgehead atoms. The zero-order valence-electron chi connectivity index (χ0n) is 24.3. The molecule has 2 heterocycles. The number of nitrogens with zero attached hydrogens (tertiary/aromatic N) is 3. The van der Waals surface area contributed by atoms with Gasteiger partial charge in [-0.25, -0.2) is 4.79 Å². The lowest BCUT2D eigenvalue weighted by atomic mass is 9.76. The predicted octanol–water partition coefficient (Wildman–Crippen LogP) is 6.19. The van der Waals surface area contributed by atoms with Gasteiger partial charge in [0.25, 0.3) is 11.8 Å². The van der Waals surface area contributed by atoms with E-state index < -0.39 is 64.4 Å². The fraction of sp³-hybridized carbons (Fsp3) is 0.621. The van der Waals surface area contributed by atoms with Crippen LogP contribution in [0.15, 0.2) is 24.8 Å². The van der Waals surface area contributed by atoms with Gasteiger partial charge in [-0.15, -0.1) is 6.58 Å². The molecule has 1 aromatic rings. The highest BCUT2D eigenvalue weighted by Crippen LogP contribution is 2.45. The molecule has 8 nitrogen and oxygen atoms in total. The van der Waals surface area contributed by atoms with Gasteiger partial charge in [0.2, 0.25) is 0 Å². The smallest absolute Gasteiger partial charge is 0.417 e. The summed E-state index contributed by atoms with van der Waals surface area (Å²) < 4.78 is 49.2. The van der Waals surface area contributed by atoms with Gasteiger partial charge in [-0.3, -0.25) is 9.59 Å². The number of carbonyl (C=O) groups excluding carboxylic acids is 2. The molecule has 3 amide bonds. The lowest BCUT2D eigenvalue weighted by Crippen LogP contribution is -2.63. The van der Waals surface area contributed by atoms with Crippen molar-refractivity contribution in [2.24, 2.45) is 5.41 Å². The second kappa shape index (κ2) is 11.0. The molecule has 0 radical (unpaired) electrons. The highest BCUT2D eigenvalue weighted by Gasteiger charge is 2.49. The molecule has 1 N–H and O–H groups in total. The predicted molar refractivity (Wildman–Crippen MR) is 146 cm³/mol. The number of benzene rings is 1. The van der Waals surface area contributed by atoms with Crippen molar-refractivity contribution in [1.29, 1.82) is 0 Å². The Kier molecular flexibility index (Phi) is 8.58. The minimum atomic E-state index is -4.90. The summed E-state index contributed by atoms with van der Waals surface area (Å²) in [6.45, 7) is 16.0. The van der Waals surface area contributed by atoms with Gasteiger partial charge in [0.05, 0.1) is 28.9 Å². The van der Waals surface area contributed by atoms with Crippen LogP contribution in [0.1, 0.15) is 83.7 Å². The fourth-order valence-electron chi connectivity index (χ4n) is 5.90. The van der Waals surface area contributed by atoms with Gasteiger partial charge >= 0.3 is 12.3 Å². The van der Waals surface area contributed by atoms with Crippen LogP contribution in [0.5, 0.6) is 5.75 Å². The maximum atomic E-state index is 14.5. The van der Waals surface area contributed by atoms with E-state index in [0.29, 0.717) is 19.3 Å². The Bertz CT molecular complexity index is 1170. The van der Waals surface area contributed by atoms with Crippen LogP contribution in [0.3, 0.4) is 0 Å². The van der Waals surface area contributed by atoms with Crippen molar-refractivity contribution in [2.45, 2.75) is 97.6 Å². The first-order valence-corrected chi connectivity index (χ1v) is 13.5. The fourth-order valence-corrected chi connectivity index (χ4v) is 5.90. The summed E-state index contributed by atoms with van der Waals surface area (Å²) in [5, 5.41) is 9.93. The quantitative estimate of drug-likeness (QED) is 0.414. The Hall–Kier alpha value is -3.24. The molecule has 1 fully saturated rings. The molecule has 222 valence electrons. The Labute approximate surface area is 233 Å². The topological polar surface area (TPSA) is 90.4 Å². The van der Waals surface area contributed by atoms with Crippen molar-refractivity contribution in [3.05, 3.63) is 35.9 Å². The molecule has 0 aromatic heterocycles. The average molecular weight is 568 g/mol. The summed E-state index contributed by atoms with van der Waals surface area (Å²) >= 11 is 0. The molecule has 11 heteroatoms. The largest absolute Gasteiger partial charge is 0.476 e. The van der Waals surface area contributed by atoms with Crippen LogP contribution in [0.2, 0.25) is 0 Å². The van der Waals surface area contributed by atoms with Crippen LogP contribution in [-0.2, 0) is 11.0 Å². The van der Waals surface area contributed by atoms with Gasteiger partial charge in [-0.1, -0.05) is 26.8 Å². The van der Waals surface area contributed by atoms with Crippen LogP contribution in [0.4, 0.5) is 23.7 Å². The van der Waals surface area contributed by atoms with E-state index in [1.807, 2.05) is 20.8 Å². The Morgan fingerprint density at radius 3 is 2.38 bits per heavy atom. The van der Waals surface area contributed by atoms with Gasteiger partial charge in [0.1, 0.15) is 5.75 Å². The van der Waals surface area contributed by atoms with Crippen molar-refractivity contribution >= 4 is 23.6 Å². The molecule has 40 heavy (non-hydrogen) atoms. The van der Waals surface area contributed by atoms with Crippen molar-refractivity contribution in [3.63, 3.8) is 0 Å². The van der Waals surface area contributed by atoms with E-state index in [-0.39, 0.29) is 24.5 Å². The first-order valence-electron chi connectivity index (χ1n) is 13.5. The minimum Gasteiger partial charge on any atom is -0.476 e. The van der Waals surface area contributed by atoms with Crippen LogP contribution in [0, 0.1) is 5.41 Å². The molecule has 0 aliphatic carbocycles. The normalized spacial score (nSPS) is 21.1. The van der Waals surface area contributed by atoms with Crippen LogP contribution in [0.25, 0.3) is 0 Å². The molecule has 1 unspecified atom stereocenters. The number of carbonyl (C=O) groups is 3. The zero-order valence-corrected chi connectivity index (χ0v) is 24.3. The number of carboxylic acid groups (broad SMARTS) is 1. The summed E-state index contributed by atoms with van der Waals surface area (Å²) in [7, 11) is 0. The number of piperidine rings is 1. The molecule has 0 saturated carbocycles. The number of anilines is 1. The average Bonchev–Trinajstić information content (AvgIpc) is 2.82. The molecule has 1 aromatic carbocycles. The third kappa shape index (κ3) is 5.93. The Balaban J connectivity index is 2.23. The van der Waals surface area contributed by atoms with E-state index in [4.69, 9.17) is 4.74 Å². The summed E-state index contributed by atoms with van der Waals surface area (Å²) in [4.78, 5) is 43.6. The third-order valence-corrected chi connectivity index (χ3v) is 7.49. The second-order valence-electron chi connectivity index (χ2n) is 12.3. The maximum Gasteiger partial charge on any atom is 0.417 e. The number of halogens is 3. The van der Waals surface area contributed by atoms with Crippen LogP contribution >= 0.6 is 0 Å². The highest BCUT2D eigenvalue weighted by molar-refractivity contribution is 6.05. The second-order valence-corrected chi connectivity index (χ2v) is 12.3. The lowest BCUT2D eigenvalue weighted by Gasteiger charge is -2.51. The first-order chi connectivity index (χ1) is 18.3. The van der Waals surface area contributed by atoms with Crippen molar-refractivity contribution in [1.82, 2.24) is 9.80 Å². The van der Waals surface area contributed by atoms with Crippen molar-refractivity contribution in [2.75, 3.05) is 18.0 Å². The summed E-state index contributed by atoms with van der Waals surface area (Å²) in [6.07, 6.45) is -3.17. The Morgan fingerprint density at radius 2 is 1.88 bits per heavy atom. The van der Waals surface area contributed by atoms with E-state index in [2.05, 4.69) is 6.58 Å². The van der Waals surface area contributed by atoms with E-state index >= 15 is 0 Å². The van der Waals surface area contributed by atoms with Gasteiger partial charge in [-0.2, -0.15) is 13.2 Å². The summed E-state index contributed by atoms with van der Waals surface area (Å²) in [5.74, 6) is -1.47. The van der Waals surface area contributed by atoms with E-state index in [9.17, 15) is 32.7 Å². The van der Waals surface area contributed by atoms with Gasteiger partial charge < -0.3 is 24.5 Å². The SMILES string of the molecule is C=CCCN1C(=O)C(C)(C)Oc2cc(C(F)(F)F)c(C(=O)N(C(C)C)[C@@H]3CCCN(C(=O)O)C3C(C)(C)C)cc21. The van der Waals surface area contributed by atoms with Crippen LogP contribution < -0.4 is 9.64 Å². The molecular weight excluding hydrogens is 527 g/mol. The lowest BCUT2D eigenvalue weighted by molar-refractivity contribution is -0.138. The standard InChI is InChI=1S/C29H40F3N3O5/c1-9-10-13-33-21-15-18(19(29(30,31)32)16-22(21)40-28(7,8)25(33)37)24(36)35(17(2)3)20-12-11-14-34(26(38)39)23(20)27(4,5)6/h9,15-17,20,23H,1,10-14H2,2-8H3,(H,38,39)/t20-,23?/m1/s1. The van der Waals surface area contributed by atoms with Gasteiger partial charge in [-0.05, 0) is 64.5 Å². The van der Waals surface area contributed by atoms with E-state index in [1.165, 1.54) is 28.5 Å². The number of hydrogen-bond acceptors (Lipinski definition) is 4. The number of ether oxygens (including phenoxy) is 1. The third-order valence-electron chi connectivity index (χ3n) is 7.49. The highest BCUT2D eigenvalue weighted by atomic mass is 19.4. The monoisotopic (exact) mass is 567 g/mol. The molecule has 2 aliphatic heterocycles. The van der Waals surface area contributed by atoms with Crippen molar-refractivity contribution < 1.29 is 37.4 Å². The van der Waals surface area contributed by atoms with Crippen LogP contribution in [-0.4, -0.2) is 69.6 Å². The number of likely N-dealkylation sites (tertiary alicyclic amines) is 1. The number of amides is 3. The molecule has 2 aliphatic rings. The summed E-state index contributed by atoms with van der Waals surface area (Å²) in [5.41, 5.74) is -3.72. The number of fused-ring (bicyclic) bond motifs is 1. The number of rotatable bonds is 6. The zero-order chi connectivity index (χ0) is 30.4. The minimum absolute atomic E-state index is 0.0782. The maximum absolute atomic E-state index is 14.5. The molecule has 3 rings (SSSR count). The molecule has 1 saturated heterocycles. The van der Waals surface area contributed by atoms with Gasteiger partial charge in [0, 0.05) is 19.1 Å². The number of alkyl halides is 3. The summed E-state index contributed by atoms with van der Waals surface area (Å²) in [6, 6.07) is 0.0366. The van der Waals surface area contributed by atoms with E-state index in [1.54, 1.807) is 19.9 Å². The molecule has 2 atom stereocenters. The number of hydrogen-bond donors (Lipinski definition) is 1. The van der Waals surface area contributed by atoms with Crippen molar-refractivity contribution in [3.8, 4) is 5.75 Å². The molecular formula is C29H40F3N3O5. The molecule has 0 spiro atoms.